The molecule has 0 fully saturated rings. The number of rotatable bonds is 5. The minimum Gasteiger partial charge on any atom is -0.265 e. The molecule has 142 valence electrons. The zero-order chi connectivity index (χ0) is 19.7. The Balaban J connectivity index is 1.77. The standard InChI is InChI=1S/C19H13BrClF2N5/c20-18-15(22)8-13(9-16(18)23)19-25-17(11-27-6-2-5-24-27)26-28(19)10-12-3-1-4-14(21)7-12/h1-9H,10-11H2. The lowest BCUT2D eigenvalue weighted by Crippen LogP contribution is -2.06. The molecule has 4 aromatic rings. The summed E-state index contributed by atoms with van der Waals surface area (Å²) >= 11 is 8.96. The molecule has 2 heterocycles. The molecule has 9 heteroatoms. The van der Waals surface area contributed by atoms with Crippen molar-refractivity contribution < 1.29 is 8.78 Å². The van der Waals surface area contributed by atoms with Crippen LogP contribution in [0.25, 0.3) is 11.4 Å². The maximum absolute atomic E-state index is 14.1. The van der Waals surface area contributed by atoms with Crippen LogP contribution in [0, 0.1) is 11.6 Å². The van der Waals surface area contributed by atoms with E-state index in [-0.39, 0.29) is 4.47 Å². The monoisotopic (exact) mass is 463 g/mol. The fraction of sp³-hybridized carbons (Fsp3) is 0.105. The maximum atomic E-state index is 14.1. The quantitative estimate of drug-likeness (QED) is 0.393. The van der Waals surface area contributed by atoms with Crippen LogP contribution in [0.1, 0.15) is 11.4 Å². The molecule has 0 N–H and O–H groups in total. The minimum atomic E-state index is -0.707. The summed E-state index contributed by atoms with van der Waals surface area (Å²) in [7, 11) is 0. The van der Waals surface area contributed by atoms with Gasteiger partial charge in [0.2, 0.25) is 0 Å². The fourth-order valence-corrected chi connectivity index (χ4v) is 3.25. The van der Waals surface area contributed by atoms with Crippen molar-refractivity contribution in [3.63, 3.8) is 0 Å². The van der Waals surface area contributed by atoms with Crippen molar-refractivity contribution in [1.29, 1.82) is 0 Å². The Morgan fingerprint density at radius 2 is 1.82 bits per heavy atom. The Morgan fingerprint density at radius 1 is 1.04 bits per heavy atom. The topological polar surface area (TPSA) is 48.5 Å². The molecule has 0 aliphatic heterocycles. The van der Waals surface area contributed by atoms with Crippen molar-refractivity contribution in [2.45, 2.75) is 13.1 Å². The molecule has 5 nitrogen and oxygen atoms in total. The molecule has 0 saturated carbocycles. The molecule has 2 aromatic carbocycles. The predicted molar refractivity (Wildman–Crippen MR) is 105 cm³/mol. The largest absolute Gasteiger partial charge is 0.265 e. The molecule has 2 aromatic heterocycles. The van der Waals surface area contributed by atoms with Gasteiger partial charge in [-0.05, 0) is 51.8 Å². The normalized spacial score (nSPS) is 11.1. The Bertz CT molecular complexity index is 1100. The summed E-state index contributed by atoms with van der Waals surface area (Å²) in [5.74, 6) is -0.584. The smallest absolute Gasteiger partial charge is 0.172 e. The van der Waals surface area contributed by atoms with Gasteiger partial charge in [0.1, 0.15) is 18.2 Å². The average Bonchev–Trinajstić information content (AvgIpc) is 3.30. The zero-order valence-corrected chi connectivity index (χ0v) is 16.7. The van der Waals surface area contributed by atoms with E-state index in [4.69, 9.17) is 11.6 Å². The van der Waals surface area contributed by atoms with E-state index >= 15 is 0 Å². The van der Waals surface area contributed by atoms with Gasteiger partial charge in [-0.2, -0.15) is 10.2 Å². The van der Waals surface area contributed by atoms with Crippen LogP contribution in [0.4, 0.5) is 8.78 Å². The van der Waals surface area contributed by atoms with Crippen LogP contribution >= 0.6 is 27.5 Å². The second kappa shape index (κ2) is 7.81. The summed E-state index contributed by atoms with van der Waals surface area (Å²) in [4.78, 5) is 4.50. The van der Waals surface area contributed by atoms with Crippen LogP contribution in [-0.4, -0.2) is 24.5 Å². The summed E-state index contributed by atoms with van der Waals surface area (Å²) in [6, 6.07) is 11.6. The molecule has 0 atom stereocenters. The lowest BCUT2D eigenvalue weighted by Gasteiger charge is -2.08. The van der Waals surface area contributed by atoms with Crippen molar-refractivity contribution in [1.82, 2.24) is 24.5 Å². The van der Waals surface area contributed by atoms with E-state index in [0.717, 1.165) is 5.56 Å². The van der Waals surface area contributed by atoms with Gasteiger partial charge >= 0.3 is 0 Å². The summed E-state index contributed by atoms with van der Waals surface area (Å²) in [6.07, 6.45) is 3.44. The molecule has 0 aliphatic carbocycles. The van der Waals surface area contributed by atoms with Gasteiger partial charge in [-0.15, -0.1) is 0 Å². The van der Waals surface area contributed by atoms with E-state index in [2.05, 4.69) is 31.1 Å². The second-order valence-electron chi connectivity index (χ2n) is 6.10. The van der Waals surface area contributed by atoms with Crippen molar-refractivity contribution in [3.8, 4) is 11.4 Å². The third-order valence-corrected chi connectivity index (χ3v) is 5.03. The number of hydrogen-bond donors (Lipinski definition) is 0. The van der Waals surface area contributed by atoms with Crippen molar-refractivity contribution >= 4 is 27.5 Å². The van der Waals surface area contributed by atoms with Gasteiger partial charge in [0, 0.05) is 23.0 Å². The lowest BCUT2D eigenvalue weighted by molar-refractivity contribution is 0.572. The summed E-state index contributed by atoms with van der Waals surface area (Å²) in [5.41, 5.74) is 1.18. The first kappa shape index (κ1) is 18.8. The van der Waals surface area contributed by atoms with Crippen molar-refractivity contribution in [2.75, 3.05) is 0 Å². The molecular formula is C19H13BrClF2N5. The first-order valence-electron chi connectivity index (χ1n) is 8.30. The SMILES string of the molecule is Fc1cc(-c2nc(Cn3cccn3)nn2Cc2cccc(Cl)c2)cc(F)c1Br. The number of benzene rings is 2. The molecule has 0 amide bonds. The van der Waals surface area contributed by atoms with Crippen molar-refractivity contribution in [3.05, 3.63) is 87.4 Å². The van der Waals surface area contributed by atoms with E-state index in [0.29, 0.717) is 35.3 Å². The van der Waals surface area contributed by atoms with Crippen LogP contribution in [0.5, 0.6) is 0 Å². The zero-order valence-electron chi connectivity index (χ0n) is 14.4. The summed E-state index contributed by atoms with van der Waals surface area (Å²) in [6.45, 7) is 0.686. The van der Waals surface area contributed by atoms with Gasteiger partial charge in [0.15, 0.2) is 11.6 Å². The highest BCUT2D eigenvalue weighted by Crippen LogP contribution is 2.27. The molecule has 0 radical (unpaired) electrons. The van der Waals surface area contributed by atoms with Crippen LogP contribution in [-0.2, 0) is 13.1 Å². The molecule has 0 saturated heterocycles. The van der Waals surface area contributed by atoms with Gasteiger partial charge in [0.25, 0.3) is 0 Å². The Labute approximate surface area is 172 Å². The van der Waals surface area contributed by atoms with Crippen LogP contribution in [0.3, 0.4) is 0 Å². The van der Waals surface area contributed by atoms with Crippen LogP contribution in [0.15, 0.2) is 59.3 Å². The predicted octanol–water partition coefficient (Wildman–Crippen LogP) is 4.93. The highest BCUT2D eigenvalue weighted by atomic mass is 79.9. The fourth-order valence-electron chi connectivity index (χ4n) is 2.81. The molecule has 0 spiro atoms. The Kier molecular flexibility index (Phi) is 5.23. The molecular weight excluding hydrogens is 452 g/mol. The lowest BCUT2D eigenvalue weighted by atomic mass is 10.2. The van der Waals surface area contributed by atoms with E-state index < -0.39 is 11.6 Å². The van der Waals surface area contributed by atoms with Crippen molar-refractivity contribution in [2.24, 2.45) is 0 Å². The van der Waals surface area contributed by atoms with Crippen LogP contribution in [0.2, 0.25) is 5.02 Å². The Hall–Kier alpha value is -2.58. The van der Waals surface area contributed by atoms with Gasteiger partial charge in [-0.3, -0.25) is 4.68 Å². The van der Waals surface area contributed by atoms with Gasteiger partial charge in [0.05, 0.1) is 11.0 Å². The van der Waals surface area contributed by atoms with Gasteiger partial charge in [-0.1, -0.05) is 23.7 Å². The molecule has 28 heavy (non-hydrogen) atoms. The van der Waals surface area contributed by atoms with Gasteiger partial charge < -0.3 is 0 Å². The highest BCUT2D eigenvalue weighted by Gasteiger charge is 2.17. The first-order chi connectivity index (χ1) is 13.5. The summed E-state index contributed by atoms with van der Waals surface area (Å²) in [5, 5.41) is 9.25. The number of halogens is 4. The van der Waals surface area contributed by atoms with E-state index in [1.807, 2.05) is 18.2 Å². The third kappa shape index (κ3) is 3.98. The van der Waals surface area contributed by atoms with Gasteiger partial charge in [-0.25, -0.2) is 18.4 Å². The Morgan fingerprint density at radius 3 is 2.50 bits per heavy atom. The number of hydrogen-bond acceptors (Lipinski definition) is 3. The summed E-state index contributed by atoms with van der Waals surface area (Å²) < 4.78 is 31.2. The average molecular weight is 465 g/mol. The molecule has 0 aliphatic rings. The third-order valence-electron chi connectivity index (χ3n) is 4.04. The minimum absolute atomic E-state index is 0.214. The molecule has 4 rings (SSSR count). The van der Waals surface area contributed by atoms with E-state index in [9.17, 15) is 8.78 Å². The van der Waals surface area contributed by atoms with E-state index in [1.165, 1.54) is 12.1 Å². The second-order valence-corrected chi connectivity index (χ2v) is 7.33. The molecule has 0 bridgehead atoms. The van der Waals surface area contributed by atoms with Crippen LogP contribution < -0.4 is 0 Å². The molecule has 0 unspecified atom stereocenters. The maximum Gasteiger partial charge on any atom is 0.172 e. The number of nitrogens with zero attached hydrogens (tertiary/aromatic N) is 5. The number of aromatic nitrogens is 5. The highest BCUT2D eigenvalue weighted by molar-refractivity contribution is 9.10. The van der Waals surface area contributed by atoms with E-state index in [1.54, 1.807) is 33.9 Å². The first-order valence-corrected chi connectivity index (χ1v) is 9.47.